The Hall–Kier alpha value is -2.09. The summed E-state index contributed by atoms with van der Waals surface area (Å²) in [5, 5.41) is 3.23. The Morgan fingerprint density at radius 1 is 1.22 bits per heavy atom. The SMILES string of the molecule is CCN1CCc2ccc(NC(=O)[C@H](C)NS(=O)(=O)c3ccc(Cl)cc3)cc21. The van der Waals surface area contributed by atoms with Gasteiger partial charge in [0.2, 0.25) is 15.9 Å². The summed E-state index contributed by atoms with van der Waals surface area (Å²) in [5.41, 5.74) is 3.02. The molecule has 0 aromatic heterocycles. The predicted octanol–water partition coefficient (Wildman–Crippen LogP) is 3.03. The van der Waals surface area contributed by atoms with Crippen LogP contribution >= 0.6 is 11.6 Å². The molecule has 144 valence electrons. The van der Waals surface area contributed by atoms with Gasteiger partial charge in [-0.15, -0.1) is 0 Å². The van der Waals surface area contributed by atoms with Crippen LogP contribution in [0.15, 0.2) is 47.4 Å². The van der Waals surface area contributed by atoms with Crippen LogP contribution in [0.4, 0.5) is 11.4 Å². The van der Waals surface area contributed by atoms with Gasteiger partial charge < -0.3 is 10.2 Å². The summed E-state index contributed by atoms with van der Waals surface area (Å²) in [6.45, 7) is 5.48. The molecule has 1 aliphatic heterocycles. The van der Waals surface area contributed by atoms with Crippen LogP contribution in [0.5, 0.6) is 0 Å². The van der Waals surface area contributed by atoms with E-state index in [-0.39, 0.29) is 4.90 Å². The third-order valence-corrected chi connectivity index (χ3v) is 6.38. The average Bonchev–Trinajstić information content (AvgIpc) is 3.04. The van der Waals surface area contributed by atoms with E-state index in [9.17, 15) is 13.2 Å². The molecule has 6 nitrogen and oxygen atoms in total. The summed E-state index contributed by atoms with van der Waals surface area (Å²) in [7, 11) is -3.81. The molecular formula is C19H22ClN3O3S. The van der Waals surface area contributed by atoms with Crippen molar-refractivity contribution in [2.24, 2.45) is 0 Å². The molecule has 0 unspecified atom stereocenters. The number of nitrogens with one attached hydrogen (secondary N) is 2. The number of amides is 1. The molecule has 0 saturated carbocycles. The van der Waals surface area contributed by atoms with Crippen molar-refractivity contribution in [3.05, 3.63) is 53.1 Å². The van der Waals surface area contributed by atoms with Gasteiger partial charge in [0.25, 0.3) is 0 Å². The average molecular weight is 408 g/mol. The first kappa shape index (κ1) is 19.7. The highest BCUT2D eigenvalue weighted by Gasteiger charge is 2.23. The van der Waals surface area contributed by atoms with E-state index >= 15 is 0 Å². The third-order valence-electron chi connectivity index (χ3n) is 4.58. The fourth-order valence-electron chi connectivity index (χ4n) is 3.07. The lowest BCUT2D eigenvalue weighted by Gasteiger charge is -2.18. The lowest BCUT2D eigenvalue weighted by atomic mass is 10.1. The summed E-state index contributed by atoms with van der Waals surface area (Å²) in [4.78, 5) is 14.8. The zero-order valence-electron chi connectivity index (χ0n) is 15.2. The first-order chi connectivity index (χ1) is 12.8. The third kappa shape index (κ3) is 4.43. The fourth-order valence-corrected chi connectivity index (χ4v) is 4.40. The van der Waals surface area contributed by atoms with Crippen molar-refractivity contribution >= 4 is 38.9 Å². The second-order valence-corrected chi connectivity index (χ2v) is 8.61. The van der Waals surface area contributed by atoms with Crippen LogP contribution in [0.2, 0.25) is 5.02 Å². The monoisotopic (exact) mass is 407 g/mol. The Labute approximate surface area is 164 Å². The van der Waals surface area contributed by atoms with Gasteiger partial charge >= 0.3 is 0 Å². The lowest BCUT2D eigenvalue weighted by Crippen LogP contribution is -2.41. The zero-order chi connectivity index (χ0) is 19.6. The van der Waals surface area contributed by atoms with Crippen LogP contribution < -0.4 is 14.9 Å². The predicted molar refractivity (Wildman–Crippen MR) is 108 cm³/mol. The molecule has 0 spiro atoms. The Morgan fingerprint density at radius 3 is 2.59 bits per heavy atom. The molecule has 27 heavy (non-hydrogen) atoms. The molecule has 0 saturated heterocycles. The quantitative estimate of drug-likeness (QED) is 0.771. The smallest absolute Gasteiger partial charge is 0.242 e. The lowest BCUT2D eigenvalue weighted by molar-refractivity contribution is -0.117. The summed E-state index contributed by atoms with van der Waals surface area (Å²) < 4.78 is 27.2. The van der Waals surface area contributed by atoms with Crippen LogP contribution in [0.3, 0.4) is 0 Å². The molecule has 0 fully saturated rings. The number of sulfonamides is 1. The minimum Gasteiger partial charge on any atom is -0.371 e. The second-order valence-electron chi connectivity index (χ2n) is 6.46. The highest BCUT2D eigenvalue weighted by molar-refractivity contribution is 7.89. The van der Waals surface area contributed by atoms with E-state index in [4.69, 9.17) is 11.6 Å². The van der Waals surface area contributed by atoms with E-state index in [1.165, 1.54) is 36.8 Å². The highest BCUT2D eigenvalue weighted by atomic mass is 35.5. The maximum absolute atomic E-state index is 12.5. The molecule has 2 aromatic rings. The molecule has 2 N–H and O–H groups in total. The van der Waals surface area contributed by atoms with Crippen LogP contribution in [0.1, 0.15) is 19.4 Å². The molecule has 1 amide bonds. The van der Waals surface area contributed by atoms with Crippen molar-refractivity contribution in [1.82, 2.24) is 4.72 Å². The fraction of sp³-hybridized carbons (Fsp3) is 0.316. The molecule has 0 radical (unpaired) electrons. The van der Waals surface area contributed by atoms with Gasteiger partial charge in [-0.25, -0.2) is 8.42 Å². The molecule has 0 bridgehead atoms. The normalized spacial score (nSPS) is 14.7. The minimum absolute atomic E-state index is 0.0580. The van der Waals surface area contributed by atoms with Crippen LogP contribution in [-0.4, -0.2) is 33.5 Å². The molecule has 1 heterocycles. The van der Waals surface area contributed by atoms with Crippen molar-refractivity contribution in [2.75, 3.05) is 23.3 Å². The van der Waals surface area contributed by atoms with Crippen molar-refractivity contribution in [3.8, 4) is 0 Å². The largest absolute Gasteiger partial charge is 0.371 e. The van der Waals surface area contributed by atoms with Crippen molar-refractivity contribution < 1.29 is 13.2 Å². The Kier molecular flexibility index (Phi) is 5.74. The van der Waals surface area contributed by atoms with Gasteiger partial charge in [-0.2, -0.15) is 4.72 Å². The molecule has 1 atom stereocenters. The number of benzene rings is 2. The molecule has 3 rings (SSSR count). The van der Waals surface area contributed by atoms with Gasteiger partial charge in [0.1, 0.15) is 0 Å². The van der Waals surface area contributed by atoms with Crippen LogP contribution in [-0.2, 0) is 21.2 Å². The van der Waals surface area contributed by atoms with Crippen LogP contribution in [0.25, 0.3) is 0 Å². The number of anilines is 2. The first-order valence-electron chi connectivity index (χ1n) is 8.77. The van der Waals surface area contributed by atoms with Gasteiger partial charge in [-0.05, 0) is 62.2 Å². The number of nitrogens with zero attached hydrogens (tertiary/aromatic N) is 1. The molecule has 1 aliphatic rings. The molecule has 0 aliphatic carbocycles. The summed E-state index contributed by atoms with van der Waals surface area (Å²) in [6.07, 6.45) is 0.995. The Balaban J connectivity index is 1.68. The Bertz CT molecular complexity index is 945. The van der Waals surface area contributed by atoms with Gasteiger partial charge in [0.05, 0.1) is 10.9 Å². The zero-order valence-corrected chi connectivity index (χ0v) is 16.8. The maximum Gasteiger partial charge on any atom is 0.242 e. The number of halogens is 1. The number of fused-ring (bicyclic) bond motifs is 1. The van der Waals surface area contributed by atoms with Crippen molar-refractivity contribution in [2.45, 2.75) is 31.2 Å². The van der Waals surface area contributed by atoms with Crippen molar-refractivity contribution in [3.63, 3.8) is 0 Å². The van der Waals surface area contributed by atoms with Gasteiger partial charge in [0.15, 0.2) is 0 Å². The Morgan fingerprint density at radius 2 is 1.93 bits per heavy atom. The number of rotatable bonds is 6. The topological polar surface area (TPSA) is 78.5 Å². The number of carbonyl (C=O) groups excluding carboxylic acids is 1. The van der Waals surface area contributed by atoms with E-state index < -0.39 is 22.0 Å². The number of likely N-dealkylation sites (N-methyl/N-ethyl adjacent to an activating group) is 1. The number of hydrogen-bond acceptors (Lipinski definition) is 4. The summed E-state index contributed by atoms with van der Waals surface area (Å²) in [6, 6.07) is 10.6. The second kappa shape index (κ2) is 7.88. The van der Waals surface area contributed by atoms with E-state index in [2.05, 4.69) is 21.9 Å². The van der Waals surface area contributed by atoms with Crippen LogP contribution in [0, 0.1) is 0 Å². The van der Waals surface area contributed by atoms with Gasteiger partial charge in [-0.1, -0.05) is 17.7 Å². The number of hydrogen-bond donors (Lipinski definition) is 2. The van der Waals surface area contributed by atoms with Gasteiger partial charge in [0, 0.05) is 29.5 Å². The summed E-state index contributed by atoms with van der Waals surface area (Å²) >= 11 is 5.79. The molecule has 8 heteroatoms. The molecule has 2 aromatic carbocycles. The van der Waals surface area contributed by atoms with E-state index in [1.54, 1.807) is 0 Å². The van der Waals surface area contributed by atoms with E-state index in [0.29, 0.717) is 10.7 Å². The maximum atomic E-state index is 12.5. The first-order valence-corrected chi connectivity index (χ1v) is 10.6. The van der Waals surface area contributed by atoms with Gasteiger partial charge in [-0.3, -0.25) is 4.79 Å². The number of carbonyl (C=O) groups is 1. The standard InChI is InChI=1S/C19H22ClN3O3S/c1-3-23-11-10-14-4-7-16(12-18(14)23)21-19(24)13(2)22-27(25,26)17-8-5-15(20)6-9-17/h4-9,12-13,22H,3,10-11H2,1-2H3,(H,21,24)/t13-/m0/s1. The van der Waals surface area contributed by atoms with E-state index in [0.717, 1.165) is 25.2 Å². The minimum atomic E-state index is -3.81. The molecular weight excluding hydrogens is 386 g/mol. The van der Waals surface area contributed by atoms with E-state index in [1.807, 2.05) is 18.2 Å². The van der Waals surface area contributed by atoms with Crippen molar-refractivity contribution in [1.29, 1.82) is 0 Å². The highest BCUT2D eigenvalue weighted by Crippen LogP contribution is 2.30. The summed E-state index contributed by atoms with van der Waals surface area (Å²) in [5.74, 6) is -0.423.